The number of nitrogens with one attached hydrogen (secondary N) is 1. The van der Waals surface area contributed by atoms with Gasteiger partial charge in [-0.3, -0.25) is 23.7 Å². The molecule has 2 aromatic carbocycles. The van der Waals surface area contributed by atoms with Crippen LogP contribution in [0.3, 0.4) is 0 Å². The summed E-state index contributed by atoms with van der Waals surface area (Å²) in [6.07, 6.45) is 0.234. The molecule has 0 saturated carbocycles. The van der Waals surface area contributed by atoms with Crippen LogP contribution in [0.15, 0.2) is 53.3 Å². The molecule has 3 aromatic rings. The van der Waals surface area contributed by atoms with E-state index in [9.17, 15) is 19.2 Å². The van der Waals surface area contributed by atoms with Crippen LogP contribution in [0.2, 0.25) is 0 Å². The molecule has 2 heterocycles. The predicted molar refractivity (Wildman–Crippen MR) is 113 cm³/mol. The zero-order valence-electron chi connectivity index (χ0n) is 16.9. The Hall–Kier alpha value is -3.85. The van der Waals surface area contributed by atoms with Gasteiger partial charge < -0.3 is 5.32 Å². The predicted octanol–water partition coefficient (Wildman–Crippen LogP) is 1.20. The Morgan fingerprint density at radius 1 is 1.13 bits per heavy atom. The van der Waals surface area contributed by atoms with Gasteiger partial charge in [-0.2, -0.15) is 0 Å². The summed E-state index contributed by atoms with van der Waals surface area (Å²) in [6.45, 7) is 1.75. The van der Waals surface area contributed by atoms with Crippen LogP contribution >= 0.6 is 0 Å². The number of nitrogens with zero attached hydrogens (tertiary/aromatic N) is 3. The van der Waals surface area contributed by atoms with Crippen LogP contribution in [0, 0.1) is 6.92 Å². The van der Waals surface area contributed by atoms with Gasteiger partial charge in [0.15, 0.2) is 0 Å². The fourth-order valence-electron chi connectivity index (χ4n) is 3.83. The largest absolute Gasteiger partial charge is 0.348 e. The van der Waals surface area contributed by atoms with Gasteiger partial charge in [0.05, 0.1) is 10.9 Å². The summed E-state index contributed by atoms with van der Waals surface area (Å²) in [6, 6.07) is 13.1. The number of carbonyl (C=O) groups excluding carboxylic acids is 3. The average molecular weight is 419 g/mol. The average Bonchev–Trinajstić information content (AvgIpc) is 2.77. The molecule has 1 fully saturated rings. The minimum atomic E-state index is -0.904. The Kier molecular flexibility index (Phi) is 5.35. The highest BCUT2D eigenvalue weighted by Crippen LogP contribution is 2.23. The summed E-state index contributed by atoms with van der Waals surface area (Å²) in [7, 11) is 0. The third-order valence-electron chi connectivity index (χ3n) is 5.40. The number of piperidine rings is 1. The molecule has 9 heteroatoms. The molecule has 1 aliphatic rings. The summed E-state index contributed by atoms with van der Waals surface area (Å²) in [5.41, 5.74) is 1.15. The van der Waals surface area contributed by atoms with Crippen molar-refractivity contribution in [1.82, 2.24) is 19.9 Å². The second-order valence-corrected chi connectivity index (χ2v) is 7.35. The van der Waals surface area contributed by atoms with Crippen LogP contribution in [0.1, 0.15) is 40.6 Å². The molecular weight excluding hydrogens is 398 g/mol. The van der Waals surface area contributed by atoms with Crippen molar-refractivity contribution in [1.29, 1.82) is 0 Å². The molecule has 0 aliphatic carbocycles. The molecule has 0 radical (unpaired) electrons. The highest BCUT2D eigenvalue weighted by Gasteiger charge is 2.35. The molecule has 1 aliphatic heterocycles. The number of hydrazine groups is 1. The monoisotopic (exact) mass is 419 g/mol. The van der Waals surface area contributed by atoms with Gasteiger partial charge in [-0.1, -0.05) is 30.3 Å². The molecule has 3 amide bonds. The first kappa shape index (κ1) is 20.4. The maximum atomic E-state index is 13.4. The molecule has 31 heavy (non-hydrogen) atoms. The summed E-state index contributed by atoms with van der Waals surface area (Å²) in [5.74, 6) is 4.54. The number of carbonyl (C=O) groups is 3. The Morgan fingerprint density at radius 3 is 2.61 bits per heavy atom. The maximum absolute atomic E-state index is 13.4. The lowest BCUT2D eigenvalue weighted by molar-refractivity contribution is -0.151. The molecule has 158 valence electrons. The van der Waals surface area contributed by atoms with E-state index in [0.717, 1.165) is 0 Å². The van der Waals surface area contributed by atoms with E-state index >= 15 is 0 Å². The molecule has 0 bridgehead atoms. The topological polar surface area (TPSA) is 127 Å². The van der Waals surface area contributed by atoms with Crippen LogP contribution < -0.4 is 16.7 Å². The van der Waals surface area contributed by atoms with Crippen molar-refractivity contribution in [3.05, 3.63) is 75.8 Å². The van der Waals surface area contributed by atoms with E-state index in [1.54, 1.807) is 49.4 Å². The smallest absolute Gasteiger partial charge is 0.266 e. The highest BCUT2D eigenvalue weighted by molar-refractivity contribution is 5.99. The van der Waals surface area contributed by atoms with Crippen LogP contribution in [0.5, 0.6) is 0 Å². The van der Waals surface area contributed by atoms with Crippen molar-refractivity contribution >= 4 is 28.6 Å². The van der Waals surface area contributed by atoms with Crippen LogP contribution in [-0.4, -0.2) is 32.3 Å². The van der Waals surface area contributed by atoms with Gasteiger partial charge in [-0.05, 0) is 37.1 Å². The van der Waals surface area contributed by atoms with E-state index in [2.05, 4.69) is 10.3 Å². The molecule has 1 saturated heterocycles. The lowest BCUT2D eigenvalue weighted by atomic mass is 10.0. The number of aromatic nitrogens is 2. The number of hydrogen-bond donors (Lipinski definition) is 2. The molecule has 1 unspecified atom stereocenters. The number of benzene rings is 2. The number of imide groups is 1. The van der Waals surface area contributed by atoms with E-state index in [1.165, 1.54) is 4.57 Å². The van der Waals surface area contributed by atoms with Crippen molar-refractivity contribution in [3.8, 4) is 0 Å². The van der Waals surface area contributed by atoms with E-state index in [1.807, 2.05) is 6.07 Å². The van der Waals surface area contributed by atoms with Crippen molar-refractivity contribution in [2.75, 3.05) is 0 Å². The standard InChI is InChI=1S/C22H21N5O4/c1-13-25-16-9-5-8-15(12-24-20(29)14-6-3-2-4-7-14)19(16)22(31)26(13)17-10-11-18(28)27(23)21(17)30/h2-9,17H,10-12,23H2,1H3,(H,24,29). The van der Waals surface area contributed by atoms with Gasteiger partial charge in [0.25, 0.3) is 17.4 Å². The third-order valence-corrected chi connectivity index (χ3v) is 5.40. The molecular formula is C22H21N5O4. The molecule has 0 spiro atoms. The van der Waals surface area contributed by atoms with Gasteiger partial charge in [0, 0.05) is 18.5 Å². The summed E-state index contributed by atoms with van der Waals surface area (Å²) in [5, 5.41) is 3.70. The second kappa shape index (κ2) is 8.11. The van der Waals surface area contributed by atoms with Crippen LogP contribution in [0.25, 0.3) is 10.9 Å². The van der Waals surface area contributed by atoms with Crippen LogP contribution in [0.4, 0.5) is 0 Å². The number of nitrogens with two attached hydrogens (primary N) is 1. The van der Waals surface area contributed by atoms with Crippen LogP contribution in [-0.2, 0) is 16.1 Å². The van der Waals surface area contributed by atoms with Crippen molar-refractivity contribution in [3.63, 3.8) is 0 Å². The normalized spacial score (nSPS) is 16.6. The Morgan fingerprint density at radius 2 is 1.87 bits per heavy atom. The first-order valence-corrected chi connectivity index (χ1v) is 9.84. The lowest BCUT2D eigenvalue weighted by Crippen LogP contribution is -2.51. The number of hydrogen-bond acceptors (Lipinski definition) is 6. The molecule has 3 N–H and O–H groups in total. The first-order chi connectivity index (χ1) is 14.9. The van der Waals surface area contributed by atoms with Gasteiger partial charge in [-0.25, -0.2) is 15.8 Å². The SMILES string of the molecule is Cc1nc2cccc(CNC(=O)c3ccccc3)c2c(=O)n1C1CCC(=O)N(N)C1=O. The number of amides is 3. The molecule has 4 rings (SSSR count). The van der Waals surface area contributed by atoms with E-state index in [0.29, 0.717) is 32.9 Å². The van der Waals surface area contributed by atoms with Gasteiger partial charge in [-0.15, -0.1) is 0 Å². The van der Waals surface area contributed by atoms with Gasteiger partial charge >= 0.3 is 0 Å². The van der Waals surface area contributed by atoms with Gasteiger partial charge in [0.1, 0.15) is 11.9 Å². The summed E-state index contributed by atoms with van der Waals surface area (Å²) < 4.78 is 1.29. The molecule has 1 atom stereocenters. The highest BCUT2D eigenvalue weighted by atomic mass is 16.2. The zero-order valence-corrected chi connectivity index (χ0v) is 16.9. The maximum Gasteiger partial charge on any atom is 0.266 e. The number of aryl methyl sites for hydroxylation is 1. The zero-order chi connectivity index (χ0) is 22.1. The second-order valence-electron chi connectivity index (χ2n) is 7.35. The van der Waals surface area contributed by atoms with Crippen molar-refractivity contribution in [2.45, 2.75) is 32.4 Å². The quantitative estimate of drug-likeness (QED) is 0.372. The Bertz CT molecular complexity index is 1250. The van der Waals surface area contributed by atoms with E-state index in [-0.39, 0.29) is 25.3 Å². The first-order valence-electron chi connectivity index (χ1n) is 9.84. The van der Waals surface area contributed by atoms with Crippen molar-refractivity contribution < 1.29 is 14.4 Å². The fourth-order valence-corrected chi connectivity index (χ4v) is 3.83. The number of fused-ring (bicyclic) bond motifs is 1. The van der Waals surface area contributed by atoms with E-state index in [4.69, 9.17) is 5.84 Å². The summed E-state index contributed by atoms with van der Waals surface area (Å²) in [4.78, 5) is 54.6. The summed E-state index contributed by atoms with van der Waals surface area (Å²) >= 11 is 0. The van der Waals surface area contributed by atoms with E-state index < -0.39 is 23.4 Å². The molecule has 1 aromatic heterocycles. The Labute approximate surface area is 177 Å². The number of rotatable bonds is 4. The third kappa shape index (κ3) is 3.71. The fraction of sp³-hybridized carbons (Fsp3) is 0.227. The minimum Gasteiger partial charge on any atom is -0.348 e. The lowest BCUT2D eigenvalue weighted by Gasteiger charge is -2.29. The van der Waals surface area contributed by atoms with Gasteiger partial charge in [0.2, 0.25) is 5.91 Å². The Balaban J connectivity index is 1.72. The minimum absolute atomic E-state index is 0.0611. The molecule has 9 nitrogen and oxygen atoms in total. The van der Waals surface area contributed by atoms with Crippen molar-refractivity contribution in [2.24, 2.45) is 5.84 Å².